The summed E-state index contributed by atoms with van der Waals surface area (Å²) >= 11 is 0. The molecule has 0 amide bonds. The third kappa shape index (κ3) is 1.88. The van der Waals surface area contributed by atoms with E-state index in [1.807, 2.05) is 20.0 Å². The van der Waals surface area contributed by atoms with Gasteiger partial charge in [-0.05, 0) is 18.6 Å². The first kappa shape index (κ1) is 7.94. The van der Waals surface area contributed by atoms with Crippen molar-refractivity contribution in [2.75, 3.05) is 6.61 Å². The van der Waals surface area contributed by atoms with Crippen molar-refractivity contribution in [3.05, 3.63) is 17.5 Å². The summed E-state index contributed by atoms with van der Waals surface area (Å²) < 4.78 is 1.65. The molecule has 0 atom stereocenters. The van der Waals surface area contributed by atoms with E-state index in [0.717, 1.165) is 11.3 Å². The molecule has 0 spiro atoms. The molecule has 1 heterocycles. The monoisotopic (exact) mass is 153 g/mol. The fraction of sp³-hybridized carbons (Fsp3) is 0.429. The fourth-order valence-electron chi connectivity index (χ4n) is 0.726. The minimum Gasteiger partial charge on any atom is -0.392 e. The van der Waals surface area contributed by atoms with Gasteiger partial charge in [0.25, 0.3) is 0 Å². The summed E-state index contributed by atoms with van der Waals surface area (Å²) in [5, 5.41) is 16.1. The zero-order valence-corrected chi connectivity index (χ0v) is 6.65. The van der Waals surface area contributed by atoms with Crippen LogP contribution < -0.4 is 0 Å². The van der Waals surface area contributed by atoms with E-state index < -0.39 is 0 Å². The van der Waals surface area contributed by atoms with Crippen LogP contribution in [-0.4, -0.2) is 26.7 Å². The molecule has 0 aliphatic heterocycles. The van der Waals surface area contributed by atoms with Crippen molar-refractivity contribution in [1.82, 2.24) is 15.0 Å². The number of aliphatic hydroxyl groups excluding tert-OH is 1. The van der Waals surface area contributed by atoms with E-state index in [9.17, 15) is 0 Å². The third-order valence-electron chi connectivity index (χ3n) is 1.39. The second-order valence-electron chi connectivity index (χ2n) is 2.43. The van der Waals surface area contributed by atoms with E-state index in [1.165, 1.54) is 0 Å². The van der Waals surface area contributed by atoms with Crippen LogP contribution in [0.15, 0.2) is 11.8 Å². The molecule has 11 heavy (non-hydrogen) atoms. The Morgan fingerprint density at radius 3 is 3.00 bits per heavy atom. The number of hydrogen-bond donors (Lipinski definition) is 1. The highest BCUT2D eigenvalue weighted by atomic mass is 16.3. The van der Waals surface area contributed by atoms with Crippen molar-refractivity contribution in [3.8, 4) is 0 Å². The Hall–Kier alpha value is -1.16. The number of hydrogen-bond acceptors (Lipinski definition) is 3. The van der Waals surface area contributed by atoms with Gasteiger partial charge in [-0.1, -0.05) is 5.21 Å². The molecule has 4 nitrogen and oxygen atoms in total. The summed E-state index contributed by atoms with van der Waals surface area (Å²) in [6.45, 7) is 1.93. The summed E-state index contributed by atoms with van der Waals surface area (Å²) in [5.74, 6) is 0. The van der Waals surface area contributed by atoms with Gasteiger partial charge >= 0.3 is 0 Å². The Balaban J connectivity index is 2.86. The van der Waals surface area contributed by atoms with Gasteiger partial charge in [0.2, 0.25) is 0 Å². The highest BCUT2D eigenvalue weighted by Crippen LogP contribution is 2.01. The molecule has 1 N–H and O–H groups in total. The van der Waals surface area contributed by atoms with Gasteiger partial charge in [-0.3, -0.25) is 0 Å². The maximum absolute atomic E-state index is 8.71. The second-order valence-corrected chi connectivity index (χ2v) is 2.43. The molecule has 1 rings (SSSR count). The second kappa shape index (κ2) is 3.30. The normalized spacial score (nSPS) is 12.1. The molecule has 4 heteroatoms. The van der Waals surface area contributed by atoms with Gasteiger partial charge in [0.05, 0.1) is 18.5 Å². The third-order valence-corrected chi connectivity index (χ3v) is 1.39. The lowest BCUT2D eigenvalue weighted by molar-refractivity contribution is 0.332. The van der Waals surface area contributed by atoms with Crippen LogP contribution >= 0.6 is 0 Å². The van der Waals surface area contributed by atoms with Crippen molar-refractivity contribution >= 4 is 6.08 Å². The Labute approximate surface area is 65.2 Å². The van der Waals surface area contributed by atoms with Crippen molar-refractivity contribution in [2.45, 2.75) is 6.92 Å². The summed E-state index contributed by atoms with van der Waals surface area (Å²) in [6.07, 6.45) is 3.50. The summed E-state index contributed by atoms with van der Waals surface area (Å²) in [5.41, 5.74) is 1.80. The van der Waals surface area contributed by atoms with E-state index in [2.05, 4.69) is 10.3 Å². The molecule has 0 saturated carbocycles. The zero-order valence-electron chi connectivity index (χ0n) is 6.65. The van der Waals surface area contributed by atoms with Gasteiger partial charge in [0.15, 0.2) is 0 Å². The largest absolute Gasteiger partial charge is 0.392 e. The van der Waals surface area contributed by atoms with E-state index in [-0.39, 0.29) is 6.61 Å². The first-order chi connectivity index (χ1) is 5.24. The Morgan fingerprint density at radius 1 is 1.82 bits per heavy atom. The molecule has 60 valence electrons. The first-order valence-electron chi connectivity index (χ1n) is 3.36. The molecular formula is C7H11N3O. The van der Waals surface area contributed by atoms with Crippen LogP contribution in [0.5, 0.6) is 0 Å². The van der Waals surface area contributed by atoms with Gasteiger partial charge in [0.1, 0.15) is 0 Å². The molecule has 0 fully saturated rings. The van der Waals surface area contributed by atoms with Crippen LogP contribution in [0.25, 0.3) is 6.08 Å². The van der Waals surface area contributed by atoms with E-state index in [4.69, 9.17) is 5.11 Å². The molecule has 1 aromatic rings. The fourth-order valence-corrected chi connectivity index (χ4v) is 0.726. The quantitative estimate of drug-likeness (QED) is 0.660. The highest BCUT2D eigenvalue weighted by molar-refractivity contribution is 5.47. The molecule has 0 radical (unpaired) electrons. The lowest BCUT2D eigenvalue weighted by Crippen LogP contribution is -1.94. The predicted molar refractivity (Wildman–Crippen MR) is 41.7 cm³/mol. The van der Waals surface area contributed by atoms with Crippen molar-refractivity contribution < 1.29 is 5.11 Å². The highest BCUT2D eigenvalue weighted by Gasteiger charge is 1.94. The van der Waals surface area contributed by atoms with Crippen LogP contribution in [0.4, 0.5) is 0 Å². The predicted octanol–water partition coefficient (Wildman–Crippen LogP) is 0.211. The molecule has 0 aromatic carbocycles. The molecule has 0 aliphatic carbocycles. The van der Waals surface area contributed by atoms with Gasteiger partial charge in [-0.15, -0.1) is 5.10 Å². The van der Waals surface area contributed by atoms with E-state index in [1.54, 1.807) is 10.9 Å². The van der Waals surface area contributed by atoms with E-state index >= 15 is 0 Å². The summed E-state index contributed by atoms with van der Waals surface area (Å²) in [7, 11) is 1.81. The Kier molecular flexibility index (Phi) is 2.38. The average molecular weight is 153 g/mol. The van der Waals surface area contributed by atoms with Crippen LogP contribution in [-0.2, 0) is 7.05 Å². The van der Waals surface area contributed by atoms with Crippen molar-refractivity contribution in [3.63, 3.8) is 0 Å². The molecule has 0 aliphatic rings. The van der Waals surface area contributed by atoms with Gasteiger partial charge in [0, 0.05) is 7.05 Å². The number of aliphatic hydroxyl groups is 1. The molecular weight excluding hydrogens is 142 g/mol. The van der Waals surface area contributed by atoms with Gasteiger partial charge in [-0.2, -0.15) is 0 Å². The minimum absolute atomic E-state index is 0.0746. The molecule has 0 unspecified atom stereocenters. The topological polar surface area (TPSA) is 50.9 Å². The maximum atomic E-state index is 8.71. The number of aromatic nitrogens is 3. The minimum atomic E-state index is 0.0746. The molecule has 0 bridgehead atoms. The van der Waals surface area contributed by atoms with Crippen LogP contribution in [0, 0.1) is 0 Å². The maximum Gasteiger partial charge on any atom is 0.0810 e. The number of nitrogens with zero attached hydrogens (tertiary/aromatic N) is 3. The standard InChI is InChI=1S/C7H11N3O/c1-6(5-11)3-7-4-8-9-10(7)2/h3-4,11H,5H2,1-2H3/b6-3+. The Bertz CT molecular complexity index is 264. The average Bonchev–Trinajstić information content (AvgIpc) is 2.37. The lowest BCUT2D eigenvalue weighted by Gasteiger charge is -1.94. The van der Waals surface area contributed by atoms with Gasteiger partial charge < -0.3 is 5.11 Å². The van der Waals surface area contributed by atoms with E-state index in [0.29, 0.717) is 0 Å². The van der Waals surface area contributed by atoms with Crippen molar-refractivity contribution in [2.24, 2.45) is 7.05 Å². The molecule has 1 aromatic heterocycles. The summed E-state index contributed by atoms with van der Waals surface area (Å²) in [6, 6.07) is 0. The lowest BCUT2D eigenvalue weighted by atomic mass is 10.2. The smallest absolute Gasteiger partial charge is 0.0810 e. The van der Waals surface area contributed by atoms with Crippen LogP contribution in [0.1, 0.15) is 12.6 Å². The first-order valence-corrected chi connectivity index (χ1v) is 3.36. The van der Waals surface area contributed by atoms with Crippen LogP contribution in [0.2, 0.25) is 0 Å². The molecule has 0 saturated heterocycles. The van der Waals surface area contributed by atoms with Crippen LogP contribution in [0.3, 0.4) is 0 Å². The van der Waals surface area contributed by atoms with Gasteiger partial charge in [-0.25, -0.2) is 4.68 Å². The van der Waals surface area contributed by atoms with Crippen molar-refractivity contribution in [1.29, 1.82) is 0 Å². The Morgan fingerprint density at radius 2 is 2.55 bits per heavy atom. The number of rotatable bonds is 2. The number of aryl methyl sites for hydroxylation is 1. The zero-order chi connectivity index (χ0) is 8.27. The summed E-state index contributed by atoms with van der Waals surface area (Å²) in [4.78, 5) is 0. The SMILES string of the molecule is C/C(=C\c1cnnn1C)CO.